The highest BCUT2D eigenvalue weighted by molar-refractivity contribution is 8.19. The second-order valence-corrected chi connectivity index (χ2v) is 10.0. The number of anilines is 1. The number of hydrogen-bond donors (Lipinski definition) is 0. The first-order chi connectivity index (χ1) is 15.7. The van der Waals surface area contributed by atoms with Crippen molar-refractivity contribution in [2.75, 3.05) is 4.90 Å². The van der Waals surface area contributed by atoms with Crippen LogP contribution in [0.4, 0.5) is 11.4 Å². The summed E-state index contributed by atoms with van der Waals surface area (Å²) >= 11 is 1.43. The van der Waals surface area contributed by atoms with Crippen molar-refractivity contribution in [2.45, 2.75) is 47.5 Å². The minimum atomic E-state index is -0.0428. The van der Waals surface area contributed by atoms with E-state index in [0.717, 1.165) is 22.5 Å². The Kier molecular flexibility index (Phi) is 6.57. The smallest absolute Gasteiger partial charge is 0.268 e. The summed E-state index contributed by atoms with van der Waals surface area (Å²) in [6.07, 6.45) is 1.97. The molecule has 1 amide bonds. The van der Waals surface area contributed by atoms with Crippen molar-refractivity contribution in [3.63, 3.8) is 0 Å². The van der Waals surface area contributed by atoms with Crippen LogP contribution >= 0.6 is 11.8 Å². The van der Waals surface area contributed by atoms with Gasteiger partial charge in [0.2, 0.25) is 0 Å². The summed E-state index contributed by atoms with van der Waals surface area (Å²) in [6, 6.07) is 20.7. The van der Waals surface area contributed by atoms with Gasteiger partial charge < -0.3 is 0 Å². The van der Waals surface area contributed by atoms with Gasteiger partial charge in [-0.3, -0.25) is 9.69 Å². The van der Waals surface area contributed by atoms with Crippen LogP contribution in [0.15, 0.2) is 70.6 Å². The largest absolute Gasteiger partial charge is 0.271 e. The third kappa shape index (κ3) is 4.96. The van der Waals surface area contributed by atoms with Crippen molar-refractivity contribution in [2.24, 2.45) is 4.99 Å². The lowest BCUT2D eigenvalue weighted by Crippen LogP contribution is -2.28. The molecule has 3 aromatic carbocycles. The minimum Gasteiger partial charge on any atom is -0.268 e. The topological polar surface area (TPSA) is 32.7 Å². The third-order valence-electron chi connectivity index (χ3n) is 6.17. The Labute approximate surface area is 201 Å². The maximum atomic E-state index is 13.6. The molecule has 1 fully saturated rings. The average Bonchev–Trinajstić information content (AvgIpc) is 3.07. The number of nitrogens with zero attached hydrogens (tertiary/aromatic N) is 2. The second-order valence-electron chi connectivity index (χ2n) is 9.00. The van der Waals surface area contributed by atoms with Crippen LogP contribution < -0.4 is 4.90 Å². The molecule has 0 unspecified atom stereocenters. The van der Waals surface area contributed by atoms with Gasteiger partial charge in [0.1, 0.15) is 0 Å². The number of thioether (sulfide) groups is 1. The average molecular weight is 455 g/mol. The predicted octanol–water partition coefficient (Wildman–Crippen LogP) is 7.85. The van der Waals surface area contributed by atoms with Gasteiger partial charge in [-0.2, -0.15) is 0 Å². The van der Waals surface area contributed by atoms with E-state index < -0.39 is 0 Å². The van der Waals surface area contributed by atoms with Gasteiger partial charge in [0, 0.05) is 0 Å². The molecular weight excluding hydrogens is 424 g/mol. The van der Waals surface area contributed by atoms with Gasteiger partial charge >= 0.3 is 0 Å². The Morgan fingerprint density at radius 2 is 1.45 bits per heavy atom. The van der Waals surface area contributed by atoms with Gasteiger partial charge in [-0.25, -0.2) is 4.99 Å². The van der Waals surface area contributed by atoms with E-state index in [4.69, 9.17) is 4.99 Å². The lowest BCUT2D eigenvalue weighted by atomic mass is 10.0. The van der Waals surface area contributed by atoms with Crippen molar-refractivity contribution in [1.29, 1.82) is 0 Å². The Balaban J connectivity index is 1.77. The lowest BCUT2D eigenvalue weighted by molar-refractivity contribution is -0.113. The molecule has 0 bridgehead atoms. The van der Waals surface area contributed by atoms with Crippen molar-refractivity contribution < 1.29 is 4.79 Å². The van der Waals surface area contributed by atoms with Crippen LogP contribution in [-0.2, 0) is 4.79 Å². The van der Waals surface area contributed by atoms with E-state index in [1.807, 2.05) is 18.2 Å². The molecule has 1 aliphatic rings. The first-order valence-corrected chi connectivity index (χ1v) is 12.1. The first kappa shape index (κ1) is 23.1. The van der Waals surface area contributed by atoms with Crippen molar-refractivity contribution in [3.05, 3.63) is 98.9 Å². The maximum Gasteiger partial charge on any atom is 0.271 e. The zero-order chi connectivity index (χ0) is 23.7. The monoisotopic (exact) mass is 454 g/mol. The fourth-order valence-corrected chi connectivity index (χ4v) is 4.68. The molecule has 0 radical (unpaired) electrons. The number of amidine groups is 1. The number of amides is 1. The molecule has 0 aliphatic carbocycles. The molecule has 3 aromatic rings. The molecule has 4 rings (SSSR count). The standard InChI is InChI=1S/C29H30N2OS/c1-18(2)24-11-9-23(10-12-24)17-27-28(32)31(26-14-8-20(4)22(6)16-26)29(33-27)30-25-13-7-19(3)21(5)15-25/h7-18H,1-6H3/b27-17-,30-29?. The van der Waals surface area contributed by atoms with Gasteiger partial charge in [-0.1, -0.05) is 50.2 Å². The van der Waals surface area contributed by atoms with Gasteiger partial charge in [-0.15, -0.1) is 0 Å². The van der Waals surface area contributed by atoms with E-state index in [0.29, 0.717) is 16.0 Å². The molecule has 3 nitrogen and oxygen atoms in total. The predicted molar refractivity (Wildman–Crippen MR) is 143 cm³/mol. The number of benzene rings is 3. The molecule has 1 aliphatic heterocycles. The first-order valence-electron chi connectivity index (χ1n) is 11.3. The van der Waals surface area contributed by atoms with Crippen LogP contribution in [0.1, 0.15) is 53.1 Å². The Morgan fingerprint density at radius 3 is 2.06 bits per heavy atom. The number of aliphatic imine (C=N–C) groups is 1. The normalized spacial score (nSPS) is 16.5. The molecule has 0 atom stereocenters. The highest BCUT2D eigenvalue weighted by Gasteiger charge is 2.35. The molecule has 1 heterocycles. The van der Waals surface area contributed by atoms with Crippen molar-refractivity contribution in [1.82, 2.24) is 0 Å². The molecule has 0 saturated carbocycles. The summed E-state index contributed by atoms with van der Waals surface area (Å²) in [5.74, 6) is 0.435. The molecule has 0 N–H and O–H groups in total. The van der Waals surface area contributed by atoms with Crippen LogP contribution in [0, 0.1) is 27.7 Å². The Hall–Kier alpha value is -3.11. The van der Waals surface area contributed by atoms with Crippen LogP contribution in [0.25, 0.3) is 6.08 Å². The highest BCUT2D eigenvalue weighted by Crippen LogP contribution is 2.38. The van der Waals surface area contributed by atoms with Crippen LogP contribution in [0.3, 0.4) is 0 Å². The highest BCUT2D eigenvalue weighted by atomic mass is 32.2. The molecule has 33 heavy (non-hydrogen) atoms. The molecule has 4 heteroatoms. The summed E-state index contributed by atoms with van der Waals surface area (Å²) in [6.45, 7) is 12.7. The SMILES string of the molecule is Cc1ccc(N=C2S/C(=C\c3ccc(C(C)C)cc3)C(=O)N2c2ccc(C)c(C)c2)cc1C. The van der Waals surface area contributed by atoms with Gasteiger partial charge in [0.05, 0.1) is 16.3 Å². The van der Waals surface area contributed by atoms with Gasteiger partial charge in [-0.05, 0) is 109 Å². The van der Waals surface area contributed by atoms with E-state index in [-0.39, 0.29) is 5.91 Å². The fourth-order valence-electron chi connectivity index (χ4n) is 3.68. The van der Waals surface area contributed by atoms with Crippen LogP contribution in [0.5, 0.6) is 0 Å². The summed E-state index contributed by atoms with van der Waals surface area (Å²) in [5.41, 5.74) is 8.76. The van der Waals surface area contributed by atoms with Gasteiger partial charge in [0.15, 0.2) is 5.17 Å². The minimum absolute atomic E-state index is 0.0428. The summed E-state index contributed by atoms with van der Waals surface area (Å²) < 4.78 is 0. The Morgan fingerprint density at radius 1 is 0.818 bits per heavy atom. The summed E-state index contributed by atoms with van der Waals surface area (Å²) in [5, 5.41) is 0.677. The molecule has 0 spiro atoms. The zero-order valence-corrected chi connectivity index (χ0v) is 21.0. The van der Waals surface area contributed by atoms with Crippen LogP contribution in [0.2, 0.25) is 0 Å². The van der Waals surface area contributed by atoms with Crippen molar-refractivity contribution >= 4 is 40.3 Å². The number of hydrogen-bond acceptors (Lipinski definition) is 3. The maximum absolute atomic E-state index is 13.6. The zero-order valence-electron chi connectivity index (χ0n) is 20.1. The number of rotatable bonds is 4. The van der Waals surface area contributed by atoms with Gasteiger partial charge in [0.25, 0.3) is 5.91 Å². The van der Waals surface area contributed by atoms with E-state index >= 15 is 0 Å². The molecule has 0 aromatic heterocycles. The van der Waals surface area contributed by atoms with Crippen molar-refractivity contribution in [3.8, 4) is 0 Å². The molecule has 1 saturated heterocycles. The van der Waals surface area contributed by atoms with Crippen LogP contribution in [-0.4, -0.2) is 11.1 Å². The summed E-state index contributed by atoms with van der Waals surface area (Å²) in [7, 11) is 0. The molecule has 168 valence electrons. The Bertz CT molecular complexity index is 1270. The third-order valence-corrected chi connectivity index (χ3v) is 7.14. The quantitative estimate of drug-likeness (QED) is 0.376. The van der Waals surface area contributed by atoms with E-state index in [1.54, 1.807) is 4.90 Å². The van der Waals surface area contributed by atoms with E-state index in [9.17, 15) is 4.79 Å². The number of aryl methyl sites for hydroxylation is 4. The second kappa shape index (κ2) is 9.40. The number of carbonyl (C=O) groups excluding carboxylic acids is 1. The van der Waals surface area contributed by atoms with E-state index in [1.165, 1.54) is 34.0 Å². The summed E-state index contributed by atoms with van der Waals surface area (Å²) in [4.78, 5) is 20.9. The number of carbonyl (C=O) groups is 1. The lowest BCUT2D eigenvalue weighted by Gasteiger charge is -2.17. The molecular formula is C29H30N2OS. The fraction of sp³-hybridized carbons (Fsp3) is 0.241. The van der Waals surface area contributed by atoms with E-state index in [2.05, 4.69) is 90.1 Å².